The Kier molecular flexibility index (Phi) is 3.41. The second-order valence-electron chi connectivity index (χ2n) is 2.78. The average molecular weight is 197 g/mol. The van der Waals surface area contributed by atoms with Gasteiger partial charge in [0.15, 0.2) is 12.5 Å². The number of ether oxygens (including phenoxy) is 2. The van der Waals surface area contributed by atoms with E-state index in [4.69, 9.17) is 4.74 Å². The van der Waals surface area contributed by atoms with Gasteiger partial charge in [0.1, 0.15) is 0 Å². The van der Waals surface area contributed by atoms with Crippen molar-refractivity contribution in [2.75, 3.05) is 13.9 Å². The minimum absolute atomic E-state index is 0.00387. The Bertz CT molecular complexity index is 338. The predicted octanol–water partition coefficient (Wildman–Crippen LogP) is 1.89. The maximum absolute atomic E-state index is 10.6. The van der Waals surface area contributed by atoms with Gasteiger partial charge in [-0.1, -0.05) is 6.07 Å². The smallest absolute Gasteiger partial charge is 0.311 e. The van der Waals surface area contributed by atoms with Crippen LogP contribution in [0.15, 0.2) is 18.2 Å². The summed E-state index contributed by atoms with van der Waals surface area (Å²) in [5.74, 6) is 0.224. The Hall–Kier alpha value is -1.62. The van der Waals surface area contributed by atoms with Gasteiger partial charge in [-0.3, -0.25) is 10.1 Å². The van der Waals surface area contributed by atoms with Gasteiger partial charge in [-0.2, -0.15) is 0 Å². The summed E-state index contributed by atoms with van der Waals surface area (Å²) in [5, 5.41) is 10.6. The number of aryl methyl sites for hydroxylation is 1. The lowest BCUT2D eigenvalue weighted by atomic mass is 10.2. The van der Waals surface area contributed by atoms with Crippen molar-refractivity contribution in [3.63, 3.8) is 0 Å². The second kappa shape index (κ2) is 4.57. The molecule has 0 aliphatic rings. The summed E-state index contributed by atoms with van der Waals surface area (Å²) in [4.78, 5) is 10.1. The molecule has 0 aliphatic carbocycles. The molecule has 14 heavy (non-hydrogen) atoms. The van der Waals surface area contributed by atoms with Crippen molar-refractivity contribution in [1.29, 1.82) is 0 Å². The first-order valence-electron chi connectivity index (χ1n) is 4.02. The molecule has 0 aromatic heterocycles. The number of hydrogen-bond donors (Lipinski definition) is 0. The van der Waals surface area contributed by atoms with Crippen molar-refractivity contribution in [3.05, 3.63) is 33.9 Å². The van der Waals surface area contributed by atoms with E-state index in [0.29, 0.717) is 0 Å². The van der Waals surface area contributed by atoms with Gasteiger partial charge in [0, 0.05) is 13.2 Å². The highest BCUT2D eigenvalue weighted by atomic mass is 16.7. The minimum Gasteiger partial charge on any atom is -0.460 e. The number of nitro groups is 1. The van der Waals surface area contributed by atoms with Crippen LogP contribution in [0, 0.1) is 17.0 Å². The van der Waals surface area contributed by atoms with E-state index < -0.39 is 4.92 Å². The average Bonchev–Trinajstić information content (AvgIpc) is 2.15. The van der Waals surface area contributed by atoms with E-state index in [1.54, 1.807) is 19.1 Å². The molecule has 0 amide bonds. The quantitative estimate of drug-likeness (QED) is 0.420. The molecule has 0 spiro atoms. The first kappa shape index (κ1) is 10.5. The van der Waals surface area contributed by atoms with Gasteiger partial charge in [-0.05, 0) is 18.6 Å². The summed E-state index contributed by atoms with van der Waals surface area (Å²) in [6, 6.07) is 4.77. The van der Waals surface area contributed by atoms with Gasteiger partial charge in [0.25, 0.3) is 0 Å². The van der Waals surface area contributed by atoms with Crippen LogP contribution in [0.5, 0.6) is 5.75 Å². The van der Waals surface area contributed by atoms with Crippen LogP contribution < -0.4 is 4.74 Å². The third-order valence-corrected chi connectivity index (χ3v) is 1.64. The Balaban J connectivity index is 2.96. The molecule has 5 nitrogen and oxygen atoms in total. The zero-order valence-electron chi connectivity index (χ0n) is 8.02. The fourth-order valence-corrected chi connectivity index (χ4v) is 1.01. The van der Waals surface area contributed by atoms with Crippen molar-refractivity contribution in [1.82, 2.24) is 0 Å². The van der Waals surface area contributed by atoms with E-state index in [9.17, 15) is 10.1 Å². The van der Waals surface area contributed by atoms with E-state index >= 15 is 0 Å². The number of nitrogens with zero attached hydrogens (tertiary/aromatic N) is 1. The van der Waals surface area contributed by atoms with E-state index in [0.717, 1.165) is 5.56 Å². The van der Waals surface area contributed by atoms with Crippen molar-refractivity contribution >= 4 is 5.69 Å². The maximum Gasteiger partial charge on any atom is 0.311 e. The molecule has 0 heterocycles. The molecule has 0 fully saturated rings. The zero-order valence-corrected chi connectivity index (χ0v) is 8.02. The van der Waals surface area contributed by atoms with Crippen molar-refractivity contribution in [2.45, 2.75) is 6.92 Å². The molecule has 0 saturated carbocycles. The molecule has 0 unspecified atom stereocenters. The third kappa shape index (κ3) is 2.43. The highest BCUT2D eigenvalue weighted by molar-refractivity contribution is 5.48. The van der Waals surface area contributed by atoms with Crippen LogP contribution in [-0.2, 0) is 4.74 Å². The molecule has 5 heteroatoms. The number of methoxy groups -OCH3 is 1. The molecule has 0 atom stereocenters. The molecule has 0 saturated heterocycles. The summed E-state index contributed by atoms with van der Waals surface area (Å²) >= 11 is 0. The standard InChI is InChI=1S/C9H11NO4/c1-7-3-4-9(14-6-13-2)8(5-7)10(11)12/h3-5H,6H2,1-2H3. The van der Waals surface area contributed by atoms with Crippen LogP contribution >= 0.6 is 0 Å². The lowest BCUT2D eigenvalue weighted by Gasteiger charge is -2.05. The van der Waals surface area contributed by atoms with E-state index in [1.165, 1.54) is 13.2 Å². The summed E-state index contributed by atoms with van der Waals surface area (Å²) < 4.78 is 9.70. The fraction of sp³-hybridized carbons (Fsp3) is 0.333. The molecule has 76 valence electrons. The normalized spacial score (nSPS) is 9.86. The van der Waals surface area contributed by atoms with Gasteiger partial charge < -0.3 is 9.47 Å². The lowest BCUT2D eigenvalue weighted by Crippen LogP contribution is -2.01. The molecule has 1 aromatic rings. The first-order chi connectivity index (χ1) is 6.65. The van der Waals surface area contributed by atoms with Crippen molar-refractivity contribution in [2.24, 2.45) is 0 Å². The third-order valence-electron chi connectivity index (χ3n) is 1.64. The van der Waals surface area contributed by atoms with Gasteiger partial charge in [-0.25, -0.2) is 0 Å². The van der Waals surface area contributed by atoms with Crippen LogP contribution in [-0.4, -0.2) is 18.8 Å². The Morgan fingerprint density at radius 1 is 1.50 bits per heavy atom. The topological polar surface area (TPSA) is 61.6 Å². The number of rotatable bonds is 4. The largest absolute Gasteiger partial charge is 0.460 e. The summed E-state index contributed by atoms with van der Waals surface area (Å²) in [5.41, 5.74) is 0.781. The summed E-state index contributed by atoms with van der Waals surface area (Å²) in [6.07, 6.45) is 0. The van der Waals surface area contributed by atoms with Crippen LogP contribution in [0.4, 0.5) is 5.69 Å². The minimum atomic E-state index is -0.474. The number of benzene rings is 1. The second-order valence-corrected chi connectivity index (χ2v) is 2.78. The highest BCUT2D eigenvalue weighted by Gasteiger charge is 2.14. The molecular formula is C9H11NO4. The monoisotopic (exact) mass is 197 g/mol. The Morgan fingerprint density at radius 2 is 2.21 bits per heavy atom. The van der Waals surface area contributed by atoms with Crippen LogP contribution in [0.3, 0.4) is 0 Å². The van der Waals surface area contributed by atoms with Crippen molar-refractivity contribution in [3.8, 4) is 5.75 Å². The molecule has 0 bridgehead atoms. The Morgan fingerprint density at radius 3 is 2.79 bits per heavy atom. The Labute approximate surface area is 81.4 Å². The SMILES string of the molecule is COCOc1ccc(C)cc1[N+](=O)[O-]. The molecule has 1 aromatic carbocycles. The molecule has 0 radical (unpaired) electrons. The lowest BCUT2D eigenvalue weighted by molar-refractivity contribution is -0.386. The molecule has 0 N–H and O–H groups in total. The predicted molar refractivity (Wildman–Crippen MR) is 50.3 cm³/mol. The van der Waals surface area contributed by atoms with Gasteiger partial charge >= 0.3 is 5.69 Å². The molecular weight excluding hydrogens is 186 g/mol. The number of nitro benzene ring substituents is 1. The molecule has 1 rings (SSSR count). The summed E-state index contributed by atoms with van der Waals surface area (Å²) in [7, 11) is 1.46. The number of hydrogen-bond acceptors (Lipinski definition) is 4. The van der Waals surface area contributed by atoms with Gasteiger partial charge in [0.2, 0.25) is 0 Å². The van der Waals surface area contributed by atoms with Crippen LogP contribution in [0.2, 0.25) is 0 Å². The molecule has 0 aliphatic heterocycles. The first-order valence-corrected chi connectivity index (χ1v) is 4.02. The van der Waals surface area contributed by atoms with Crippen LogP contribution in [0.25, 0.3) is 0 Å². The van der Waals surface area contributed by atoms with Gasteiger partial charge in [0.05, 0.1) is 4.92 Å². The van der Waals surface area contributed by atoms with Crippen molar-refractivity contribution < 1.29 is 14.4 Å². The van der Waals surface area contributed by atoms with E-state index in [-0.39, 0.29) is 18.2 Å². The van der Waals surface area contributed by atoms with Gasteiger partial charge in [-0.15, -0.1) is 0 Å². The van der Waals surface area contributed by atoms with Crippen LogP contribution in [0.1, 0.15) is 5.56 Å². The zero-order chi connectivity index (χ0) is 10.6. The summed E-state index contributed by atoms with van der Waals surface area (Å²) in [6.45, 7) is 1.79. The maximum atomic E-state index is 10.6. The fourth-order valence-electron chi connectivity index (χ4n) is 1.01. The van der Waals surface area contributed by atoms with E-state index in [2.05, 4.69) is 4.74 Å². The highest BCUT2D eigenvalue weighted by Crippen LogP contribution is 2.27. The van der Waals surface area contributed by atoms with E-state index in [1.807, 2.05) is 0 Å².